The van der Waals surface area contributed by atoms with E-state index in [0.29, 0.717) is 5.56 Å². The van der Waals surface area contributed by atoms with Crippen LogP contribution in [-0.2, 0) is 0 Å². The fourth-order valence-corrected chi connectivity index (χ4v) is 0.927. The molecule has 1 aromatic heterocycles. The quantitative estimate of drug-likeness (QED) is 0.608. The molecule has 0 aliphatic rings. The lowest BCUT2D eigenvalue weighted by Gasteiger charge is -2.09. The summed E-state index contributed by atoms with van der Waals surface area (Å²) in [5.41, 5.74) is 1.24. The van der Waals surface area contributed by atoms with E-state index in [1.54, 1.807) is 13.8 Å². The van der Waals surface area contributed by atoms with Gasteiger partial charge in [-0.3, -0.25) is 9.89 Å². The van der Waals surface area contributed by atoms with E-state index in [4.69, 9.17) is 5.11 Å². The molecule has 1 heterocycles. The van der Waals surface area contributed by atoms with Gasteiger partial charge in [-0.2, -0.15) is 5.10 Å². The van der Waals surface area contributed by atoms with Crippen LogP contribution in [0.2, 0.25) is 0 Å². The van der Waals surface area contributed by atoms with E-state index in [9.17, 15) is 4.79 Å². The Morgan fingerprint density at radius 2 is 2.54 bits per heavy atom. The molecule has 1 unspecified atom stereocenters. The van der Waals surface area contributed by atoms with Gasteiger partial charge in [-0.15, -0.1) is 0 Å². The molecule has 0 spiro atoms. The number of aliphatic hydroxyl groups excluding tert-OH is 1. The summed E-state index contributed by atoms with van der Waals surface area (Å²) in [7, 11) is 0. The summed E-state index contributed by atoms with van der Waals surface area (Å²) in [6.45, 7) is 3.43. The first-order valence-corrected chi connectivity index (χ1v) is 4.07. The number of aromatic nitrogens is 2. The molecular formula is C8H13N3O2. The predicted molar refractivity (Wildman–Crippen MR) is 47.3 cm³/mol. The number of carbonyl (C=O) groups excluding carboxylic acids is 1. The first kappa shape index (κ1) is 9.73. The van der Waals surface area contributed by atoms with Gasteiger partial charge >= 0.3 is 0 Å². The van der Waals surface area contributed by atoms with Crippen LogP contribution in [0.5, 0.6) is 0 Å². The van der Waals surface area contributed by atoms with Crippen molar-refractivity contribution >= 4 is 5.91 Å². The largest absolute Gasteiger partial charge is 0.394 e. The van der Waals surface area contributed by atoms with Crippen molar-refractivity contribution in [2.24, 2.45) is 0 Å². The van der Waals surface area contributed by atoms with Crippen LogP contribution in [0, 0.1) is 6.92 Å². The van der Waals surface area contributed by atoms with Crippen molar-refractivity contribution in [2.45, 2.75) is 19.9 Å². The minimum atomic E-state index is -0.234. The van der Waals surface area contributed by atoms with E-state index in [2.05, 4.69) is 15.5 Å². The first-order chi connectivity index (χ1) is 6.15. The number of amides is 1. The Morgan fingerprint density at radius 3 is 3.00 bits per heavy atom. The van der Waals surface area contributed by atoms with Crippen LogP contribution >= 0.6 is 0 Å². The molecule has 1 atom stereocenters. The van der Waals surface area contributed by atoms with Gasteiger partial charge in [0.2, 0.25) is 0 Å². The van der Waals surface area contributed by atoms with Gasteiger partial charge in [0, 0.05) is 11.7 Å². The number of hydrogen-bond donors (Lipinski definition) is 3. The van der Waals surface area contributed by atoms with Gasteiger partial charge in [0.15, 0.2) is 0 Å². The molecule has 13 heavy (non-hydrogen) atoms. The number of H-pyrrole nitrogens is 1. The molecule has 1 amide bonds. The summed E-state index contributed by atoms with van der Waals surface area (Å²) in [5.74, 6) is -0.215. The number of carbonyl (C=O) groups is 1. The van der Waals surface area contributed by atoms with Crippen molar-refractivity contribution in [3.8, 4) is 0 Å². The summed E-state index contributed by atoms with van der Waals surface area (Å²) in [5, 5.41) is 17.7. The van der Waals surface area contributed by atoms with Gasteiger partial charge in [-0.25, -0.2) is 0 Å². The molecule has 5 heteroatoms. The maximum Gasteiger partial charge on any atom is 0.255 e. The van der Waals surface area contributed by atoms with E-state index >= 15 is 0 Å². The van der Waals surface area contributed by atoms with Crippen LogP contribution in [0.15, 0.2) is 6.20 Å². The second kappa shape index (κ2) is 4.04. The molecule has 1 rings (SSSR count). The number of aliphatic hydroxyl groups is 1. The summed E-state index contributed by atoms with van der Waals surface area (Å²) < 4.78 is 0. The Hall–Kier alpha value is -1.36. The van der Waals surface area contributed by atoms with E-state index in [1.165, 1.54) is 6.20 Å². The van der Waals surface area contributed by atoms with Crippen molar-refractivity contribution in [1.82, 2.24) is 15.5 Å². The van der Waals surface area contributed by atoms with E-state index in [1.807, 2.05) is 0 Å². The first-order valence-electron chi connectivity index (χ1n) is 4.07. The monoisotopic (exact) mass is 183 g/mol. The van der Waals surface area contributed by atoms with Crippen LogP contribution < -0.4 is 5.32 Å². The fraction of sp³-hybridized carbons (Fsp3) is 0.500. The molecule has 0 saturated carbocycles. The molecule has 0 aliphatic carbocycles. The third kappa shape index (κ3) is 2.29. The highest BCUT2D eigenvalue weighted by molar-refractivity contribution is 5.95. The molecular weight excluding hydrogens is 170 g/mol. The lowest BCUT2D eigenvalue weighted by Crippen LogP contribution is -2.35. The zero-order chi connectivity index (χ0) is 9.84. The van der Waals surface area contributed by atoms with Crippen LogP contribution in [0.25, 0.3) is 0 Å². The number of aromatic amines is 1. The summed E-state index contributed by atoms with van der Waals surface area (Å²) in [6.07, 6.45) is 1.47. The predicted octanol–water partition coefficient (Wildman–Crippen LogP) is -0.171. The molecule has 0 aliphatic heterocycles. The summed E-state index contributed by atoms with van der Waals surface area (Å²) in [6, 6.07) is -0.234. The lowest BCUT2D eigenvalue weighted by molar-refractivity contribution is 0.0922. The van der Waals surface area contributed by atoms with Crippen molar-refractivity contribution in [2.75, 3.05) is 6.61 Å². The van der Waals surface area contributed by atoms with Crippen LogP contribution in [-0.4, -0.2) is 33.9 Å². The van der Waals surface area contributed by atoms with Gasteiger partial charge in [0.25, 0.3) is 5.91 Å². The van der Waals surface area contributed by atoms with Crippen molar-refractivity contribution < 1.29 is 9.90 Å². The Bertz CT molecular complexity index is 295. The topological polar surface area (TPSA) is 78.0 Å². The summed E-state index contributed by atoms with van der Waals surface area (Å²) >= 11 is 0. The molecule has 72 valence electrons. The van der Waals surface area contributed by atoms with Gasteiger partial charge in [0.1, 0.15) is 0 Å². The zero-order valence-electron chi connectivity index (χ0n) is 7.66. The van der Waals surface area contributed by atoms with E-state index < -0.39 is 0 Å². The molecule has 3 N–H and O–H groups in total. The molecule has 0 fully saturated rings. The Labute approximate surface area is 76.2 Å². The molecule has 0 aromatic carbocycles. The van der Waals surface area contributed by atoms with E-state index in [0.717, 1.165) is 5.69 Å². The SMILES string of the molecule is Cc1[nH]ncc1C(=O)NC(C)CO. The Kier molecular flexibility index (Phi) is 3.02. The second-order valence-electron chi connectivity index (χ2n) is 2.97. The molecule has 1 aromatic rings. The number of rotatable bonds is 3. The lowest BCUT2D eigenvalue weighted by atomic mass is 10.2. The number of aryl methyl sites for hydroxylation is 1. The fourth-order valence-electron chi connectivity index (χ4n) is 0.927. The second-order valence-corrected chi connectivity index (χ2v) is 2.97. The molecule has 0 saturated heterocycles. The van der Waals surface area contributed by atoms with Crippen LogP contribution in [0.1, 0.15) is 23.0 Å². The summed E-state index contributed by atoms with van der Waals surface area (Å²) in [4.78, 5) is 11.4. The number of nitrogens with zero attached hydrogens (tertiary/aromatic N) is 1. The standard InChI is InChI=1S/C8H13N3O2/c1-5(4-12)10-8(13)7-3-9-11-6(7)2/h3,5,12H,4H2,1-2H3,(H,9,11)(H,10,13). The maximum atomic E-state index is 11.4. The van der Waals surface area contributed by atoms with Gasteiger partial charge < -0.3 is 10.4 Å². The van der Waals surface area contributed by atoms with Crippen molar-refractivity contribution in [3.63, 3.8) is 0 Å². The van der Waals surface area contributed by atoms with E-state index in [-0.39, 0.29) is 18.6 Å². The van der Waals surface area contributed by atoms with Gasteiger partial charge in [-0.05, 0) is 13.8 Å². The Balaban J connectivity index is 2.64. The minimum absolute atomic E-state index is 0.0668. The number of hydrogen-bond acceptors (Lipinski definition) is 3. The van der Waals surface area contributed by atoms with Gasteiger partial charge in [-0.1, -0.05) is 0 Å². The van der Waals surface area contributed by atoms with Crippen molar-refractivity contribution in [3.05, 3.63) is 17.5 Å². The maximum absolute atomic E-state index is 11.4. The van der Waals surface area contributed by atoms with Crippen molar-refractivity contribution in [1.29, 1.82) is 0 Å². The van der Waals surface area contributed by atoms with Gasteiger partial charge in [0.05, 0.1) is 18.4 Å². The highest BCUT2D eigenvalue weighted by atomic mass is 16.3. The zero-order valence-corrected chi connectivity index (χ0v) is 7.66. The van der Waals surface area contributed by atoms with Crippen LogP contribution in [0.3, 0.4) is 0 Å². The molecule has 5 nitrogen and oxygen atoms in total. The normalized spacial score (nSPS) is 12.5. The minimum Gasteiger partial charge on any atom is -0.394 e. The highest BCUT2D eigenvalue weighted by Crippen LogP contribution is 2.01. The number of nitrogens with one attached hydrogen (secondary N) is 2. The van der Waals surface area contributed by atoms with Crippen LogP contribution in [0.4, 0.5) is 0 Å². The average Bonchev–Trinajstić information content (AvgIpc) is 2.51. The third-order valence-corrected chi connectivity index (χ3v) is 1.73. The highest BCUT2D eigenvalue weighted by Gasteiger charge is 2.12. The average molecular weight is 183 g/mol. The molecule has 0 bridgehead atoms. The molecule has 0 radical (unpaired) electrons. The smallest absolute Gasteiger partial charge is 0.255 e. The third-order valence-electron chi connectivity index (χ3n) is 1.73. The Morgan fingerprint density at radius 1 is 1.85 bits per heavy atom.